The molecule has 108 valence electrons. The first-order chi connectivity index (χ1) is 8.97. The number of imide groups is 1. The lowest BCUT2D eigenvalue weighted by Crippen LogP contribution is -2.47. The Kier molecular flexibility index (Phi) is 4.42. The smallest absolute Gasteiger partial charge is 0.321 e. The first kappa shape index (κ1) is 14.3. The van der Waals surface area contributed by atoms with E-state index in [9.17, 15) is 9.59 Å². The van der Waals surface area contributed by atoms with Crippen LogP contribution < -0.4 is 16.0 Å². The number of nitrogens with one attached hydrogen (secondary N) is 3. The first-order valence-corrected chi connectivity index (χ1v) is 7.02. The molecule has 2 fully saturated rings. The van der Waals surface area contributed by atoms with E-state index >= 15 is 0 Å². The molecule has 0 aromatic carbocycles. The van der Waals surface area contributed by atoms with Crippen molar-refractivity contribution in [2.45, 2.75) is 32.9 Å². The lowest BCUT2D eigenvalue weighted by Gasteiger charge is -2.23. The van der Waals surface area contributed by atoms with Crippen LogP contribution in [0, 0.1) is 11.8 Å². The molecule has 0 radical (unpaired) electrons. The van der Waals surface area contributed by atoms with Gasteiger partial charge in [-0.2, -0.15) is 0 Å². The van der Waals surface area contributed by atoms with Crippen LogP contribution in [0.1, 0.15) is 20.8 Å². The Morgan fingerprint density at radius 1 is 1.37 bits per heavy atom. The zero-order valence-electron chi connectivity index (χ0n) is 11.9. The van der Waals surface area contributed by atoms with E-state index in [2.05, 4.69) is 27.8 Å². The molecule has 6 nitrogen and oxygen atoms in total. The minimum atomic E-state index is -0.409. The number of likely N-dealkylation sites (tertiary alicyclic amines) is 1. The molecule has 3 unspecified atom stereocenters. The highest BCUT2D eigenvalue weighted by atomic mass is 16.2. The molecule has 0 saturated carbocycles. The van der Waals surface area contributed by atoms with Crippen molar-refractivity contribution in [2.24, 2.45) is 11.8 Å². The van der Waals surface area contributed by atoms with Crippen molar-refractivity contribution in [2.75, 3.05) is 26.2 Å². The van der Waals surface area contributed by atoms with Crippen molar-refractivity contribution in [3.63, 3.8) is 0 Å². The second-order valence-corrected chi connectivity index (χ2v) is 5.93. The molecule has 2 heterocycles. The summed E-state index contributed by atoms with van der Waals surface area (Å²) in [5, 5.41) is 8.42. The normalized spacial score (nSPS) is 30.4. The average Bonchev–Trinajstić information content (AvgIpc) is 2.82. The number of urea groups is 1. The summed E-state index contributed by atoms with van der Waals surface area (Å²) in [6.45, 7) is 9.22. The Labute approximate surface area is 114 Å². The van der Waals surface area contributed by atoms with Crippen molar-refractivity contribution in [1.29, 1.82) is 0 Å². The van der Waals surface area contributed by atoms with Gasteiger partial charge < -0.3 is 10.6 Å². The molecule has 0 spiro atoms. The molecule has 19 heavy (non-hydrogen) atoms. The quantitative estimate of drug-likeness (QED) is 0.660. The van der Waals surface area contributed by atoms with Crippen LogP contribution in [0.4, 0.5) is 4.79 Å². The molecule has 2 rings (SSSR count). The van der Waals surface area contributed by atoms with E-state index in [1.165, 1.54) is 0 Å². The van der Waals surface area contributed by atoms with Crippen molar-refractivity contribution in [3.8, 4) is 0 Å². The Morgan fingerprint density at radius 3 is 2.74 bits per heavy atom. The molecule has 2 saturated heterocycles. The number of amides is 3. The molecule has 3 amide bonds. The number of nitrogens with zero attached hydrogens (tertiary/aromatic N) is 1. The van der Waals surface area contributed by atoms with Crippen LogP contribution >= 0.6 is 0 Å². The van der Waals surface area contributed by atoms with Crippen molar-refractivity contribution in [1.82, 2.24) is 20.9 Å². The SMILES string of the molecule is CC(C)NC(=O)NC(=O)CN1CC2CNCC2C1C. The highest BCUT2D eigenvalue weighted by Gasteiger charge is 2.42. The van der Waals surface area contributed by atoms with Gasteiger partial charge in [0, 0.05) is 18.6 Å². The number of fused-ring (bicyclic) bond motifs is 1. The van der Waals surface area contributed by atoms with Crippen molar-refractivity contribution in [3.05, 3.63) is 0 Å². The van der Waals surface area contributed by atoms with E-state index in [0.717, 1.165) is 19.6 Å². The molecule has 0 aliphatic carbocycles. The largest absolute Gasteiger partial charge is 0.336 e. The third-order valence-electron chi connectivity index (χ3n) is 4.08. The Balaban J connectivity index is 1.78. The summed E-state index contributed by atoms with van der Waals surface area (Å²) >= 11 is 0. The van der Waals surface area contributed by atoms with E-state index < -0.39 is 6.03 Å². The maximum absolute atomic E-state index is 11.8. The lowest BCUT2D eigenvalue weighted by molar-refractivity contribution is -0.121. The summed E-state index contributed by atoms with van der Waals surface area (Å²) < 4.78 is 0. The summed E-state index contributed by atoms with van der Waals surface area (Å²) in [4.78, 5) is 25.4. The summed E-state index contributed by atoms with van der Waals surface area (Å²) in [6, 6.07) is 0.0246. The number of carbonyl (C=O) groups is 2. The zero-order chi connectivity index (χ0) is 14.0. The van der Waals surface area contributed by atoms with Crippen LogP contribution in [0.2, 0.25) is 0 Å². The topological polar surface area (TPSA) is 73.5 Å². The van der Waals surface area contributed by atoms with Gasteiger partial charge >= 0.3 is 6.03 Å². The van der Waals surface area contributed by atoms with Gasteiger partial charge in [-0.05, 0) is 45.7 Å². The maximum atomic E-state index is 11.8. The van der Waals surface area contributed by atoms with Gasteiger partial charge in [0.25, 0.3) is 0 Å². The third-order valence-corrected chi connectivity index (χ3v) is 4.08. The van der Waals surface area contributed by atoms with Gasteiger partial charge in [0.1, 0.15) is 0 Å². The fourth-order valence-corrected chi connectivity index (χ4v) is 3.11. The minimum absolute atomic E-state index is 0.0314. The first-order valence-electron chi connectivity index (χ1n) is 7.02. The molecule has 3 N–H and O–H groups in total. The summed E-state index contributed by atoms with van der Waals surface area (Å²) in [5.74, 6) is 1.06. The van der Waals surface area contributed by atoms with Crippen molar-refractivity contribution >= 4 is 11.9 Å². The van der Waals surface area contributed by atoms with E-state index in [-0.39, 0.29) is 11.9 Å². The highest BCUT2D eigenvalue weighted by molar-refractivity contribution is 5.95. The summed E-state index contributed by atoms with van der Waals surface area (Å²) in [6.07, 6.45) is 0. The molecule has 2 aliphatic heterocycles. The van der Waals surface area contributed by atoms with Crippen LogP contribution in [-0.4, -0.2) is 55.1 Å². The molecule has 0 aromatic heterocycles. The standard InChI is InChI=1S/C13H24N4O2/c1-8(2)15-13(19)16-12(18)7-17-6-10-4-14-5-11(10)9(17)3/h8-11,14H,4-7H2,1-3H3,(H2,15,16,18,19). The Morgan fingerprint density at radius 2 is 2.11 bits per heavy atom. The number of carbonyl (C=O) groups excluding carboxylic acids is 2. The number of hydrogen-bond donors (Lipinski definition) is 3. The van der Waals surface area contributed by atoms with Gasteiger partial charge in [-0.25, -0.2) is 4.79 Å². The van der Waals surface area contributed by atoms with Gasteiger partial charge in [-0.1, -0.05) is 0 Å². The Bertz CT molecular complexity index is 359. The second kappa shape index (κ2) is 5.88. The summed E-state index contributed by atoms with van der Waals surface area (Å²) in [5.41, 5.74) is 0. The minimum Gasteiger partial charge on any atom is -0.336 e. The van der Waals surface area contributed by atoms with E-state index in [0.29, 0.717) is 24.4 Å². The second-order valence-electron chi connectivity index (χ2n) is 5.93. The van der Waals surface area contributed by atoms with Gasteiger partial charge in [-0.3, -0.25) is 15.0 Å². The molecule has 0 aromatic rings. The Hall–Kier alpha value is -1.14. The predicted molar refractivity (Wildman–Crippen MR) is 72.7 cm³/mol. The van der Waals surface area contributed by atoms with Gasteiger partial charge in [0.05, 0.1) is 6.54 Å². The number of rotatable bonds is 3. The van der Waals surface area contributed by atoms with E-state index in [1.807, 2.05) is 13.8 Å². The van der Waals surface area contributed by atoms with Crippen LogP contribution in [-0.2, 0) is 4.79 Å². The van der Waals surface area contributed by atoms with Crippen LogP contribution in [0.15, 0.2) is 0 Å². The van der Waals surface area contributed by atoms with E-state index in [1.54, 1.807) is 0 Å². The maximum Gasteiger partial charge on any atom is 0.321 e. The van der Waals surface area contributed by atoms with Crippen LogP contribution in [0.25, 0.3) is 0 Å². The predicted octanol–water partition coefficient (Wildman–Crippen LogP) is -0.240. The van der Waals surface area contributed by atoms with E-state index in [4.69, 9.17) is 0 Å². The lowest BCUT2D eigenvalue weighted by atomic mass is 9.95. The monoisotopic (exact) mass is 268 g/mol. The van der Waals surface area contributed by atoms with Crippen LogP contribution in [0.5, 0.6) is 0 Å². The fraction of sp³-hybridized carbons (Fsp3) is 0.846. The highest BCUT2D eigenvalue weighted by Crippen LogP contribution is 2.31. The average molecular weight is 268 g/mol. The number of hydrogen-bond acceptors (Lipinski definition) is 4. The molecule has 2 aliphatic rings. The molecular weight excluding hydrogens is 244 g/mol. The zero-order valence-corrected chi connectivity index (χ0v) is 11.9. The van der Waals surface area contributed by atoms with Gasteiger partial charge in [0.2, 0.25) is 5.91 Å². The van der Waals surface area contributed by atoms with Crippen LogP contribution in [0.3, 0.4) is 0 Å². The van der Waals surface area contributed by atoms with Crippen molar-refractivity contribution < 1.29 is 9.59 Å². The van der Waals surface area contributed by atoms with Gasteiger partial charge in [0.15, 0.2) is 0 Å². The molecule has 3 atom stereocenters. The molecule has 0 bridgehead atoms. The molecule has 6 heteroatoms. The summed E-state index contributed by atoms with van der Waals surface area (Å²) in [7, 11) is 0. The molecular formula is C13H24N4O2. The third kappa shape index (κ3) is 3.45. The fourth-order valence-electron chi connectivity index (χ4n) is 3.11. The van der Waals surface area contributed by atoms with Gasteiger partial charge in [-0.15, -0.1) is 0 Å².